The topological polar surface area (TPSA) is 61.7 Å². The third kappa shape index (κ3) is 6.49. The maximum atomic E-state index is 10.3. The maximum absolute atomic E-state index is 10.3. The summed E-state index contributed by atoms with van der Waals surface area (Å²) < 4.78 is 5.72. The molecule has 1 aliphatic heterocycles. The van der Waals surface area contributed by atoms with Crippen LogP contribution in [0.2, 0.25) is 0 Å². The van der Waals surface area contributed by atoms with Crippen LogP contribution in [0.15, 0.2) is 30.3 Å². The van der Waals surface area contributed by atoms with E-state index in [0.29, 0.717) is 13.2 Å². The van der Waals surface area contributed by atoms with Gasteiger partial charge in [0.25, 0.3) is 0 Å². The first-order valence-corrected chi connectivity index (χ1v) is 10.9. The highest BCUT2D eigenvalue weighted by Crippen LogP contribution is 2.25. The number of rotatable bonds is 7. The van der Waals surface area contributed by atoms with Crippen molar-refractivity contribution in [3.8, 4) is 0 Å². The van der Waals surface area contributed by atoms with Crippen molar-refractivity contribution in [2.75, 3.05) is 44.2 Å². The van der Waals surface area contributed by atoms with Crippen molar-refractivity contribution >= 4 is 5.82 Å². The Kier molecular flexibility index (Phi) is 7.45. The van der Waals surface area contributed by atoms with Gasteiger partial charge in [-0.2, -0.15) is 0 Å². The van der Waals surface area contributed by atoms with Gasteiger partial charge < -0.3 is 14.7 Å². The second kappa shape index (κ2) is 9.86. The molecule has 1 saturated heterocycles. The molecule has 30 heavy (non-hydrogen) atoms. The SMILES string of the molecule is Cc1nc(C)c(Cc2ccccc2)c(N2CCN(C[C@@H](O)COC(C)(C)C)CC2)n1. The van der Waals surface area contributed by atoms with Gasteiger partial charge in [-0.25, -0.2) is 9.97 Å². The molecule has 1 aromatic heterocycles. The predicted octanol–water partition coefficient (Wildman–Crippen LogP) is 2.98. The van der Waals surface area contributed by atoms with Crippen LogP contribution < -0.4 is 4.90 Å². The molecule has 1 aliphatic rings. The summed E-state index contributed by atoms with van der Waals surface area (Å²) in [7, 11) is 0. The first-order valence-electron chi connectivity index (χ1n) is 10.9. The molecule has 3 rings (SSSR count). The summed E-state index contributed by atoms with van der Waals surface area (Å²) >= 11 is 0. The van der Waals surface area contributed by atoms with Crippen LogP contribution in [0.4, 0.5) is 5.82 Å². The Balaban J connectivity index is 1.64. The van der Waals surface area contributed by atoms with E-state index in [1.54, 1.807) is 0 Å². The maximum Gasteiger partial charge on any atom is 0.136 e. The van der Waals surface area contributed by atoms with Crippen molar-refractivity contribution in [2.24, 2.45) is 0 Å². The van der Waals surface area contributed by atoms with Crippen LogP contribution in [0, 0.1) is 13.8 Å². The lowest BCUT2D eigenvalue weighted by atomic mass is 10.0. The number of hydrogen-bond acceptors (Lipinski definition) is 6. The molecule has 164 valence electrons. The molecule has 0 aliphatic carbocycles. The second-order valence-corrected chi connectivity index (χ2v) is 9.19. The smallest absolute Gasteiger partial charge is 0.136 e. The first-order chi connectivity index (χ1) is 14.2. The lowest BCUT2D eigenvalue weighted by Gasteiger charge is -2.37. The van der Waals surface area contributed by atoms with Gasteiger partial charge >= 0.3 is 0 Å². The van der Waals surface area contributed by atoms with Crippen LogP contribution in [-0.4, -0.2) is 71.0 Å². The molecule has 0 radical (unpaired) electrons. The summed E-state index contributed by atoms with van der Waals surface area (Å²) in [5, 5.41) is 10.3. The summed E-state index contributed by atoms with van der Waals surface area (Å²) in [6, 6.07) is 10.5. The summed E-state index contributed by atoms with van der Waals surface area (Å²) in [6.45, 7) is 14.7. The van der Waals surface area contributed by atoms with Crippen molar-refractivity contribution in [3.05, 3.63) is 53.0 Å². The normalized spacial score (nSPS) is 16.7. The zero-order valence-corrected chi connectivity index (χ0v) is 19.1. The van der Waals surface area contributed by atoms with Gasteiger partial charge in [0.05, 0.1) is 18.3 Å². The number of piperazine rings is 1. The molecule has 1 atom stereocenters. The Morgan fingerprint density at radius 1 is 1.03 bits per heavy atom. The van der Waals surface area contributed by atoms with Gasteiger partial charge in [0.2, 0.25) is 0 Å². The summed E-state index contributed by atoms with van der Waals surface area (Å²) in [5.74, 6) is 1.87. The summed E-state index contributed by atoms with van der Waals surface area (Å²) in [4.78, 5) is 14.1. The predicted molar refractivity (Wildman–Crippen MR) is 121 cm³/mol. The number of aromatic nitrogens is 2. The van der Waals surface area contributed by atoms with E-state index >= 15 is 0 Å². The molecule has 1 N–H and O–H groups in total. The second-order valence-electron chi connectivity index (χ2n) is 9.19. The molecule has 2 heterocycles. The van der Waals surface area contributed by atoms with E-state index in [1.807, 2.05) is 33.8 Å². The molecule has 0 amide bonds. The largest absolute Gasteiger partial charge is 0.389 e. The molecule has 0 spiro atoms. The molecule has 2 aromatic rings. The lowest BCUT2D eigenvalue weighted by Crippen LogP contribution is -2.50. The molecular weight excluding hydrogens is 376 g/mol. The van der Waals surface area contributed by atoms with Gasteiger partial charge in [0.1, 0.15) is 11.6 Å². The van der Waals surface area contributed by atoms with E-state index in [4.69, 9.17) is 9.72 Å². The first kappa shape index (κ1) is 22.7. The average molecular weight is 413 g/mol. The molecule has 0 bridgehead atoms. The Labute approximate surface area is 180 Å². The number of benzene rings is 1. The number of aliphatic hydroxyl groups is 1. The van der Waals surface area contributed by atoms with E-state index in [-0.39, 0.29) is 5.60 Å². The minimum absolute atomic E-state index is 0.225. The number of β-amino-alcohol motifs (C(OH)–C–C–N with tert-alkyl or cyclic N) is 1. The van der Waals surface area contributed by atoms with Crippen LogP contribution in [0.25, 0.3) is 0 Å². The molecular formula is C24H36N4O2. The fourth-order valence-corrected chi connectivity index (χ4v) is 3.83. The lowest BCUT2D eigenvalue weighted by molar-refractivity contribution is -0.0563. The van der Waals surface area contributed by atoms with Crippen molar-refractivity contribution in [1.29, 1.82) is 0 Å². The van der Waals surface area contributed by atoms with Crippen molar-refractivity contribution < 1.29 is 9.84 Å². The van der Waals surface area contributed by atoms with Crippen LogP contribution in [0.1, 0.15) is 43.4 Å². The van der Waals surface area contributed by atoms with Crippen LogP contribution in [0.5, 0.6) is 0 Å². The molecule has 1 fully saturated rings. The zero-order valence-electron chi connectivity index (χ0n) is 19.1. The number of aliphatic hydroxyl groups excluding tert-OH is 1. The number of ether oxygens (including phenoxy) is 1. The van der Waals surface area contributed by atoms with Gasteiger partial charge in [-0.3, -0.25) is 4.90 Å². The molecule has 0 unspecified atom stereocenters. The zero-order chi connectivity index (χ0) is 21.7. The van der Waals surface area contributed by atoms with Crippen LogP contribution in [-0.2, 0) is 11.2 Å². The average Bonchev–Trinajstić information content (AvgIpc) is 2.69. The highest BCUT2D eigenvalue weighted by atomic mass is 16.5. The minimum atomic E-state index is -0.465. The molecule has 1 aromatic carbocycles. The highest BCUT2D eigenvalue weighted by molar-refractivity contribution is 5.51. The Morgan fingerprint density at radius 3 is 2.33 bits per heavy atom. The standard InChI is InChI=1S/C24H36N4O2/c1-18-22(15-20-9-7-6-8-10-20)23(26-19(2)25-18)28-13-11-27(12-14-28)16-21(29)17-30-24(3,4)5/h6-10,21,29H,11-17H2,1-5H3/t21-/m1/s1. The summed E-state index contributed by atoms with van der Waals surface area (Å²) in [6.07, 6.45) is 0.374. The number of aryl methyl sites for hydroxylation is 2. The number of hydrogen-bond donors (Lipinski definition) is 1. The Bertz CT molecular complexity index is 812. The monoisotopic (exact) mass is 412 g/mol. The van der Waals surface area contributed by atoms with Gasteiger partial charge in [-0.15, -0.1) is 0 Å². The fraction of sp³-hybridized carbons (Fsp3) is 0.583. The molecule has 6 heteroatoms. The molecule has 0 saturated carbocycles. The van der Waals surface area contributed by atoms with Gasteiger partial charge in [0, 0.05) is 50.4 Å². The minimum Gasteiger partial charge on any atom is -0.389 e. The Morgan fingerprint density at radius 2 is 1.70 bits per heavy atom. The van der Waals surface area contributed by atoms with E-state index in [9.17, 15) is 5.11 Å². The van der Waals surface area contributed by atoms with Crippen LogP contribution >= 0.6 is 0 Å². The van der Waals surface area contributed by atoms with Crippen molar-refractivity contribution in [1.82, 2.24) is 14.9 Å². The van der Waals surface area contributed by atoms with E-state index in [2.05, 4.69) is 46.0 Å². The fourth-order valence-electron chi connectivity index (χ4n) is 3.83. The third-order valence-electron chi connectivity index (χ3n) is 5.38. The number of anilines is 1. The highest BCUT2D eigenvalue weighted by Gasteiger charge is 2.24. The number of nitrogens with zero attached hydrogens (tertiary/aromatic N) is 4. The van der Waals surface area contributed by atoms with E-state index in [0.717, 1.165) is 49.9 Å². The van der Waals surface area contributed by atoms with Crippen molar-refractivity contribution in [2.45, 2.75) is 52.7 Å². The summed E-state index contributed by atoms with van der Waals surface area (Å²) in [5.41, 5.74) is 3.31. The van der Waals surface area contributed by atoms with Gasteiger partial charge in [-0.1, -0.05) is 30.3 Å². The molecule has 6 nitrogen and oxygen atoms in total. The third-order valence-corrected chi connectivity index (χ3v) is 5.38. The van der Waals surface area contributed by atoms with E-state index < -0.39 is 6.10 Å². The van der Waals surface area contributed by atoms with Gasteiger partial charge in [0.15, 0.2) is 0 Å². The van der Waals surface area contributed by atoms with Crippen LogP contribution in [0.3, 0.4) is 0 Å². The van der Waals surface area contributed by atoms with Crippen molar-refractivity contribution in [3.63, 3.8) is 0 Å². The van der Waals surface area contributed by atoms with E-state index in [1.165, 1.54) is 11.1 Å². The van der Waals surface area contributed by atoms with Gasteiger partial charge in [-0.05, 0) is 40.2 Å². The Hall–Kier alpha value is -2.02. The quantitative estimate of drug-likeness (QED) is 0.754.